The summed E-state index contributed by atoms with van der Waals surface area (Å²) in [7, 11) is 0. The second kappa shape index (κ2) is 7.00. The van der Waals surface area contributed by atoms with E-state index < -0.39 is 0 Å². The molecule has 146 valence electrons. The standard InChI is InChI=1S/C22H21N5OS/c1-14-8-9-17(15(2)12-14)23-21(28)26-11-10-18-19(13-26)29-22-24-20(25-27(18)22)16-6-4-3-5-7-16/h3-9,12H,10-11,13H2,1-2H3,(H,23,28). The topological polar surface area (TPSA) is 62.5 Å². The Bertz CT molecular complexity index is 1210. The number of carbonyl (C=O) groups is 1. The number of urea groups is 1. The number of nitrogens with one attached hydrogen (secondary N) is 1. The Hall–Kier alpha value is -3.19. The van der Waals surface area contributed by atoms with E-state index in [9.17, 15) is 4.79 Å². The number of hydrogen-bond acceptors (Lipinski definition) is 4. The number of rotatable bonds is 2. The summed E-state index contributed by atoms with van der Waals surface area (Å²) in [6.45, 7) is 5.31. The van der Waals surface area contributed by atoms with Gasteiger partial charge in [-0.3, -0.25) is 0 Å². The molecule has 2 aromatic carbocycles. The van der Waals surface area contributed by atoms with Gasteiger partial charge in [0.2, 0.25) is 4.96 Å². The fourth-order valence-corrected chi connectivity index (χ4v) is 4.84. The number of carbonyl (C=O) groups excluding carboxylic acids is 1. The summed E-state index contributed by atoms with van der Waals surface area (Å²) >= 11 is 1.62. The summed E-state index contributed by atoms with van der Waals surface area (Å²) in [6.07, 6.45) is 0.771. The van der Waals surface area contributed by atoms with Gasteiger partial charge in [0, 0.05) is 29.1 Å². The number of hydrogen-bond donors (Lipinski definition) is 1. The van der Waals surface area contributed by atoms with Crippen LogP contribution in [-0.4, -0.2) is 32.1 Å². The maximum atomic E-state index is 12.8. The van der Waals surface area contributed by atoms with Gasteiger partial charge in [0.15, 0.2) is 5.82 Å². The molecule has 0 fully saturated rings. The fraction of sp³-hybridized carbons (Fsp3) is 0.227. The molecular formula is C22H21N5OS. The zero-order valence-electron chi connectivity index (χ0n) is 16.3. The SMILES string of the molecule is Cc1ccc(NC(=O)N2CCc3c(sc4nc(-c5ccccc5)nn34)C2)c(C)c1. The van der Waals surface area contributed by atoms with Gasteiger partial charge in [-0.15, -0.1) is 5.10 Å². The van der Waals surface area contributed by atoms with Gasteiger partial charge in [0.25, 0.3) is 0 Å². The van der Waals surface area contributed by atoms with E-state index in [2.05, 4.69) is 18.3 Å². The van der Waals surface area contributed by atoms with Crippen LogP contribution < -0.4 is 5.32 Å². The van der Waals surface area contributed by atoms with E-state index >= 15 is 0 Å². The van der Waals surface area contributed by atoms with Crippen molar-refractivity contribution in [2.45, 2.75) is 26.8 Å². The first kappa shape index (κ1) is 17.9. The van der Waals surface area contributed by atoms with E-state index in [0.29, 0.717) is 13.1 Å². The Morgan fingerprint density at radius 1 is 1.14 bits per heavy atom. The monoisotopic (exact) mass is 403 g/mol. The Balaban J connectivity index is 1.36. The third-order valence-corrected chi connectivity index (χ3v) is 6.32. The smallest absolute Gasteiger partial charge is 0.319 e. The molecule has 2 aromatic heterocycles. The summed E-state index contributed by atoms with van der Waals surface area (Å²) in [5, 5.41) is 7.76. The first-order valence-electron chi connectivity index (χ1n) is 9.64. The number of aryl methyl sites for hydroxylation is 2. The van der Waals surface area contributed by atoms with Crippen molar-refractivity contribution >= 4 is 28.0 Å². The molecule has 0 bridgehead atoms. The van der Waals surface area contributed by atoms with Crippen LogP contribution in [0.2, 0.25) is 0 Å². The molecule has 29 heavy (non-hydrogen) atoms. The van der Waals surface area contributed by atoms with Crippen molar-refractivity contribution in [2.24, 2.45) is 0 Å². The molecule has 0 atom stereocenters. The maximum absolute atomic E-state index is 12.8. The lowest BCUT2D eigenvalue weighted by atomic mass is 10.1. The van der Waals surface area contributed by atoms with E-state index in [4.69, 9.17) is 10.1 Å². The van der Waals surface area contributed by atoms with Crippen molar-refractivity contribution in [1.82, 2.24) is 19.5 Å². The molecule has 0 unspecified atom stereocenters. The van der Waals surface area contributed by atoms with Crippen molar-refractivity contribution in [3.05, 3.63) is 70.2 Å². The molecule has 0 aliphatic carbocycles. The predicted molar refractivity (Wildman–Crippen MR) is 115 cm³/mol. The molecule has 0 radical (unpaired) electrons. The van der Waals surface area contributed by atoms with Crippen molar-refractivity contribution in [1.29, 1.82) is 0 Å². The second-order valence-electron chi connectivity index (χ2n) is 7.39. The normalized spacial score (nSPS) is 13.5. The minimum atomic E-state index is -0.0634. The van der Waals surface area contributed by atoms with Crippen LogP contribution in [0.25, 0.3) is 16.3 Å². The lowest BCUT2D eigenvalue weighted by molar-refractivity contribution is 0.206. The molecule has 0 saturated carbocycles. The van der Waals surface area contributed by atoms with Gasteiger partial charge in [0.05, 0.1) is 12.2 Å². The van der Waals surface area contributed by atoms with E-state index in [1.54, 1.807) is 11.3 Å². The van der Waals surface area contributed by atoms with Crippen LogP contribution >= 0.6 is 11.3 Å². The highest BCUT2D eigenvalue weighted by Crippen LogP contribution is 2.30. The number of benzene rings is 2. The predicted octanol–water partition coefficient (Wildman–Crippen LogP) is 4.66. The molecule has 2 amide bonds. The Morgan fingerprint density at radius 3 is 2.76 bits per heavy atom. The number of nitrogens with zero attached hydrogens (tertiary/aromatic N) is 4. The highest BCUT2D eigenvalue weighted by Gasteiger charge is 2.26. The van der Waals surface area contributed by atoms with Crippen LogP contribution in [0.4, 0.5) is 10.5 Å². The number of anilines is 1. The Labute approximate surface area is 172 Å². The number of fused-ring (bicyclic) bond motifs is 3. The molecule has 4 aromatic rings. The highest BCUT2D eigenvalue weighted by molar-refractivity contribution is 7.17. The number of amides is 2. The fourth-order valence-electron chi connectivity index (χ4n) is 3.72. The Kier molecular flexibility index (Phi) is 4.32. The van der Waals surface area contributed by atoms with E-state index in [1.807, 2.05) is 58.8 Å². The van der Waals surface area contributed by atoms with Crippen LogP contribution in [0.3, 0.4) is 0 Å². The molecule has 0 saturated heterocycles. The summed E-state index contributed by atoms with van der Waals surface area (Å²) in [5.41, 5.74) is 5.30. The van der Waals surface area contributed by atoms with Gasteiger partial charge in [-0.1, -0.05) is 59.4 Å². The molecule has 5 rings (SSSR count). The van der Waals surface area contributed by atoms with Gasteiger partial charge in [-0.25, -0.2) is 9.31 Å². The lowest BCUT2D eigenvalue weighted by Gasteiger charge is -2.27. The van der Waals surface area contributed by atoms with Crippen LogP contribution in [0, 0.1) is 13.8 Å². The molecule has 0 spiro atoms. The molecule has 1 aliphatic heterocycles. The quantitative estimate of drug-likeness (QED) is 0.529. The highest BCUT2D eigenvalue weighted by atomic mass is 32.1. The number of aromatic nitrogens is 3. The zero-order chi connectivity index (χ0) is 20.0. The van der Waals surface area contributed by atoms with Gasteiger partial charge >= 0.3 is 6.03 Å². The largest absolute Gasteiger partial charge is 0.322 e. The third kappa shape index (κ3) is 3.27. The first-order chi connectivity index (χ1) is 14.1. The van der Waals surface area contributed by atoms with Crippen molar-refractivity contribution in [3.63, 3.8) is 0 Å². The third-order valence-electron chi connectivity index (χ3n) is 5.27. The van der Waals surface area contributed by atoms with Crippen LogP contribution in [0.5, 0.6) is 0 Å². The summed E-state index contributed by atoms with van der Waals surface area (Å²) in [6, 6.07) is 16.0. The number of thiazole rings is 1. The van der Waals surface area contributed by atoms with Crippen molar-refractivity contribution < 1.29 is 4.79 Å². The average Bonchev–Trinajstić information content (AvgIpc) is 3.28. The molecule has 1 N–H and O–H groups in total. The summed E-state index contributed by atoms with van der Waals surface area (Å²) in [5.74, 6) is 0.745. The molecule has 1 aliphatic rings. The van der Waals surface area contributed by atoms with E-state index in [-0.39, 0.29) is 6.03 Å². The lowest BCUT2D eigenvalue weighted by Crippen LogP contribution is -2.38. The maximum Gasteiger partial charge on any atom is 0.322 e. The van der Waals surface area contributed by atoms with Crippen molar-refractivity contribution in [3.8, 4) is 11.4 Å². The van der Waals surface area contributed by atoms with Gasteiger partial charge in [0.1, 0.15) is 0 Å². The van der Waals surface area contributed by atoms with Crippen LogP contribution in [0.15, 0.2) is 48.5 Å². The van der Waals surface area contributed by atoms with Crippen molar-refractivity contribution in [2.75, 3.05) is 11.9 Å². The van der Waals surface area contributed by atoms with E-state index in [0.717, 1.165) is 44.6 Å². The van der Waals surface area contributed by atoms with E-state index in [1.165, 1.54) is 5.56 Å². The molecule has 6 nitrogen and oxygen atoms in total. The van der Waals surface area contributed by atoms with Crippen LogP contribution in [0.1, 0.15) is 21.7 Å². The summed E-state index contributed by atoms with van der Waals surface area (Å²) < 4.78 is 1.95. The van der Waals surface area contributed by atoms with Gasteiger partial charge in [-0.05, 0) is 25.5 Å². The molecule has 3 heterocycles. The van der Waals surface area contributed by atoms with Gasteiger partial charge < -0.3 is 10.2 Å². The molecule has 7 heteroatoms. The minimum Gasteiger partial charge on any atom is -0.319 e. The molecular weight excluding hydrogens is 382 g/mol. The zero-order valence-corrected chi connectivity index (χ0v) is 17.2. The van der Waals surface area contributed by atoms with Crippen LogP contribution in [-0.2, 0) is 13.0 Å². The Morgan fingerprint density at radius 2 is 1.97 bits per heavy atom. The first-order valence-corrected chi connectivity index (χ1v) is 10.5. The second-order valence-corrected chi connectivity index (χ2v) is 8.45. The summed E-state index contributed by atoms with van der Waals surface area (Å²) in [4.78, 5) is 21.4. The average molecular weight is 404 g/mol. The minimum absolute atomic E-state index is 0.0634. The van der Waals surface area contributed by atoms with Gasteiger partial charge in [-0.2, -0.15) is 4.98 Å².